The van der Waals surface area contributed by atoms with Crippen molar-refractivity contribution in [3.05, 3.63) is 47.7 Å². The van der Waals surface area contributed by atoms with E-state index in [-0.39, 0.29) is 5.91 Å². The van der Waals surface area contributed by atoms with Gasteiger partial charge < -0.3 is 9.64 Å². The van der Waals surface area contributed by atoms with Crippen LogP contribution in [-0.2, 0) is 4.79 Å². The Bertz CT molecular complexity index is 1010. The lowest BCUT2D eigenvalue weighted by molar-refractivity contribution is -0.125. The normalized spacial score (nSPS) is 16.7. The van der Waals surface area contributed by atoms with Crippen LogP contribution in [0.4, 0.5) is 5.69 Å². The van der Waals surface area contributed by atoms with Gasteiger partial charge in [-0.15, -0.1) is 0 Å². The SMILES string of the molecule is Cc1cccc(-c2cc(C)c3cc4c(cc3n2)OC(C)C(=O)N4C)n1. The number of amides is 1. The van der Waals surface area contributed by atoms with Crippen LogP contribution >= 0.6 is 0 Å². The lowest BCUT2D eigenvalue weighted by Gasteiger charge is -2.30. The highest BCUT2D eigenvalue weighted by Crippen LogP contribution is 2.38. The fraction of sp³-hybridized carbons (Fsp3) is 0.250. The molecule has 1 unspecified atom stereocenters. The number of carbonyl (C=O) groups excluding carboxylic acids is 1. The molecule has 2 aromatic heterocycles. The summed E-state index contributed by atoms with van der Waals surface area (Å²) in [5.41, 5.74) is 5.35. The average molecular weight is 333 g/mol. The lowest BCUT2D eigenvalue weighted by Crippen LogP contribution is -2.41. The van der Waals surface area contributed by atoms with Gasteiger partial charge in [-0.2, -0.15) is 0 Å². The summed E-state index contributed by atoms with van der Waals surface area (Å²) >= 11 is 0. The van der Waals surface area contributed by atoms with Crippen molar-refractivity contribution in [2.75, 3.05) is 11.9 Å². The van der Waals surface area contributed by atoms with Crippen LogP contribution in [0.15, 0.2) is 36.4 Å². The van der Waals surface area contributed by atoms with Gasteiger partial charge in [-0.05, 0) is 50.6 Å². The molecule has 0 aliphatic carbocycles. The summed E-state index contributed by atoms with van der Waals surface area (Å²) in [5.74, 6) is 0.640. The lowest BCUT2D eigenvalue weighted by atomic mass is 10.0. The molecule has 25 heavy (non-hydrogen) atoms. The summed E-state index contributed by atoms with van der Waals surface area (Å²) in [6.45, 7) is 5.78. The van der Waals surface area contributed by atoms with Crippen molar-refractivity contribution >= 4 is 22.5 Å². The number of pyridine rings is 2. The highest BCUT2D eigenvalue weighted by atomic mass is 16.5. The fourth-order valence-corrected chi connectivity index (χ4v) is 3.22. The molecule has 3 heterocycles. The Morgan fingerprint density at radius 1 is 1.08 bits per heavy atom. The van der Waals surface area contributed by atoms with E-state index in [1.165, 1.54) is 0 Å². The molecule has 1 aliphatic rings. The number of benzene rings is 1. The first-order valence-corrected chi connectivity index (χ1v) is 8.27. The molecule has 5 heteroatoms. The van der Waals surface area contributed by atoms with E-state index < -0.39 is 6.10 Å². The molecule has 0 radical (unpaired) electrons. The molecule has 1 aromatic carbocycles. The summed E-state index contributed by atoms with van der Waals surface area (Å²) in [6, 6.07) is 11.8. The van der Waals surface area contributed by atoms with E-state index in [1.807, 2.05) is 50.2 Å². The quantitative estimate of drug-likeness (QED) is 0.682. The van der Waals surface area contributed by atoms with Gasteiger partial charge in [0.2, 0.25) is 0 Å². The molecule has 0 spiro atoms. The zero-order valence-electron chi connectivity index (χ0n) is 14.7. The molecule has 4 rings (SSSR count). The van der Waals surface area contributed by atoms with Gasteiger partial charge in [-0.25, -0.2) is 4.98 Å². The number of aryl methyl sites for hydroxylation is 2. The van der Waals surface area contributed by atoms with E-state index in [4.69, 9.17) is 9.72 Å². The summed E-state index contributed by atoms with van der Waals surface area (Å²) < 4.78 is 5.78. The zero-order chi connectivity index (χ0) is 17.7. The first-order chi connectivity index (χ1) is 11.9. The molecule has 1 aliphatic heterocycles. The van der Waals surface area contributed by atoms with Crippen molar-refractivity contribution in [3.63, 3.8) is 0 Å². The van der Waals surface area contributed by atoms with Crippen LogP contribution in [0, 0.1) is 13.8 Å². The third-order valence-electron chi connectivity index (χ3n) is 4.59. The van der Waals surface area contributed by atoms with Crippen molar-refractivity contribution < 1.29 is 9.53 Å². The summed E-state index contributed by atoms with van der Waals surface area (Å²) in [4.78, 5) is 23.2. The maximum absolute atomic E-state index is 12.2. The Hall–Kier alpha value is -2.95. The minimum Gasteiger partial charge on any atom is -0.479 e. The second-order valence-corrected chi connectivity index (χ2v) is 6.48. The molecule has 0 fully saturated rings. The van der Waals surface area contributed by atoms with E-state index in [9.17, 15) is 4.79 Å². The molecule has 0 bridgehead atoms. The Morgan fingerprint density at radius 2 is 1.88 bits per heavy atom. The van der Waals surface area contributed by atoms with Gasteiger partial charge in [0.25, 0.3) is 5.91 Å². The predicted octanol–water partition coefficient (Wildman–Crippen LogP) is 3.66. The number of carbonyl (C=O) groups is 1. The van der Waals surface area contributed by atoms with Crippen LogP contribution in [0.25, 0.3) is 22.3 Å². The van der Waals surface area contributed by atoms with Gasteiger partial charge in [0, 0.05) is 24.2 Å². The maximum atomic E-state index is 12.2. The van der Waals surface area contributed by atoms with E-state index in [1.54, 1.807) is 18.9 Å². The Labute approximate surface area is 146 Å². The van der Waals surface area contributed by atoms with E-state index in [0.29, 0.717) is 5.75 Å². The van der Waals surface area contributed by atoms with Gasteiger partial charge in [0.1, 0.15) is 5.75 Å². The Balaban J connectivity index is 1.91. The monoisotopic (exact) mass is 333 g/mol. The molecular formula is C20H19N3O2. The Morgan fingerprint density at radius 3 is 2.64 bits per heavy atom. The molecule has 0 saturated carbocycles. The summed E-state index contributed by atoms with van der Waals surface area (Å²) in [7, 11) is 1.78. The van der Waals surface area contributed by atoms with Crippen LogP contribution in [-0.4, -0.2) is 29.0 Å². The number of likely N-dealkylation sites (N-methyl/N-ethyl adjacent to an activating group) is 1. The molecule has 5 nitrogen and oxygen atoms in total. The van der Waals surface area contributed by atoms with Gasteiger partial charge >= 0.3 is 0 Å². The maximum Gasteiger partial charge on any atom is 0.267 e. The van der Waals surface area contributed by atoms with Crippen LogP contribution in [0.1, 0.15) is 18.2 Å². The molecule has 0 N–H and O–H groups in total. The third kappa shape index (κ3) is 2.52. The van der Waals surface area contributed by atoms with Crippen LogP contribution in [0.5, 0.6) is 5.75 Å². The molecule has 1 amide bonds. The van der Waals surface area contributed by atoms with Crippen molar-refractivity contribution in [2.24, 2.45) is 0 Å². The number of hydrogen-bond acceptors (Lipinski definition) is 4. The number of rotatable bonds is 1. The molecule has 0 saturated heterocycles. The zero-order valence-corrected chi connectivity index (χ0v) is 14.7. The number of hydrogen-bond donors (Lipinski definition) is 0. The van der Waals surface area contributed by atoms with Crippen molar-refractivity contribution in [3.8, 4) is 17.1 Å². The molecule has 3 aromatic rings. The highest BCUT2D eigenvalue weighted by Gasteiger charge is 2.29. The van der Waals surface area contributed by atoms with Crippen molar-refractivity contribution in [2.45, 2.75) is 26.9 Å². The first-order valence-electron chi connectivity index (χ1n) is 8.27. The van der Waals surface area contributed by atoms with Crippen molar-refractivity contribution in [1.29, 1.82) is 0 Å². The number of aromatic nitrogens is 2. The molecular weight excluding hydrogens is 314 g/mol. The van der Waals surface area contributed by atoms with Crippen molar-refractivity contribution in [1.82, 2.24) is 9.97 Å². The molecule has 126 valence electrons. The van der Waals surface area contributed by atoms with Gasteiger partial charge in [-0.3, -0.25) is 9.78 Å². The molecule has 1 atom stereocenters. The van der Waals surface area contributed by atoms with Gasteiger partial charge in [-0.1, -0.05) is 6.07 Å². The minimum absolute atomic E-state index is 0.0435. The van der Waals surface area contributed by atoms with Gasteiger partial charge in [0.05, 0.1) is 22.6 Å². The predicted molar refractivity (Wildman–Crippen MR) is 97.9 cm³/mol. The second-order valence-electron chi connectivity index (χ2n) is 6.48. The fourth-order valence-electron chi connectivity index (χ4n) is 3.22. The number of fused-ring (bicyclic) bond motifs is 2. The standard InChI is InChI=1S/C20H19N3O2/c1-11-8-17(15-7-5-6-12(2)21-15)22-16-10-19-18(9-14(11)16)23(4)20(24)13(3)25-19/h5-10,13H,1-4H3. The van der Waals surface area contributed by atoms with E-state index in [2.05, 4.69) is 4.98 Å². The topological polar surface area (TPSA) is 55.3 Å². The van der Waals surface area contributed by atoms with E-state index >= 15 is 0 Å². The van der Waals surface area contributed by atoms with Gasteiger partial charge in [0.15, 0.2) is 6.10 Å². The van der Waals surface area contributed by atoms with Crippen LogP contribution in [0.2, 0.25) is 0 Å². The first kappa shape index (κ1) is 15.6. The minimum atomic E-state index is -0.488. The second kappa shape index (κ2) is 5.55. The Kier molecular flexibility index (Phi) is 3.46. The highest BCUT2D eigenvalue weighted by molar-refractivity contribution is 6.02. The number of anilines is 1. The smallest absolute Gasteiger partial charge is 0.267 e. The largest absolute Gasteiger partial charge is 0.479 e. The summed E-state index contributed by atoms with van der Waals surface area (Å²) in [5, 5.41) is 1.01. The van der Waals surface area contributed by atoms with Crippen LogP contribution in [0.3, 0.4) is 0 Å². The van der Waals surface area contributed by atoms with E-state index in [0.717, 1.165) is 39.2 Å². The van der Waals surface area contributed by atoms with Crippen LogP contribution < -0.4 is 9.64 Å². The summed E-state index contributed by atoms with van der Waals surface area (Å²) in [6.07, 6.45) is -0.488. The number of nitrogens with zero attached hydrogens (tertiary/aromatic N) is 3. The number of ether oxygens (including phenoxy) is 1. The third-order valence-corrected chi connectivity index (χ3v) is 4.59. The average Bonchev–Trinajstić information content (AvgIpc) is 2.58.